The first-order valence-corrected chi connectivity index (χ1v) is 9.57. The predicted molar refractivity (Wildman–Crippen MR) is 114 cm³/mol. The number of halogens is 1. The number of fused-ring (bicyclic) bond motifs is 1. The van der Waals surface area contributed by atoms with Gasteiger partial charge in [0.25, 0.3) is 0 Å². The van der Waals surface area contributed by atoms with Crippen LogP contribution in [0.4, 0.5) is 4.79 Å². The molecule has 1 saturated heterocycles. The predicted octanol–water partition coefficient (Wildman–Crippen LogP) is 2.75. The van der Waals surface area contributed by atoms with Crippen LogP contribution >= 0.6 is 12.4 Å². The Kier molecular flexibility index (Phi) is 6.95. The number of hydrogen-bond donors (Lipinski definition) is 2. The maximum atomic E-state index is 12.4. The number of carbonyl (C=O) groups is 1. The summed E-state index contributed by atoms with van der Waals surface area (Å²) >= 11 is 0. The number of aryl methyl sites for hydroxylation is 1. The van der Waals surface area contributed by atoms with Crippen molar-refractivity contribution in [3.63, 3.8) is 0 Å². The molecular weight excluding hydrogens is 392 g/mol. The van der Waals surface area contributed by atoms with Gasteiger partial charge in [-0.3, -0.25) is 4.57 Å². The van der Waals surface area contributed by atoms with Crippen molar-refractivity contribution in [2.45, 2.75) is 25.6 Å². The number of para-hydroxylation sites is 2. The molecule has 1 aliphatic heterocycles. The van der Waals surface area contributed by atoms with Gasteiger partial charge in [-0.2, -0.15) is 0 Å². The summed E-state index contributed by atoms with van der Waals surface area (Å²) in [5.41, 5.74) is 2.62. The highest BCUT2D eigenvalue weighted by molar-refractivity contribution is 5.85. The third-order valence-electron chi connectivity index (χ3n) is 5.10. The van der Waals surface area contributed by atoms with Crippen molar-refractivity contribution >= 4 is 29.5 Å². The van der Waals surface area contributed by atoms with Crippen molar-refractivity contribution in [1.82, 2.24) is 19.8 Å². The van der Waals surface area contributed by atoms with E-state index in [1.54, 1.807) is 9.47 Å². The van der Waals surface area contributed by atoms with Gasteiger partial charge in [0, 0.05) is 32.2 Å². The molecule has 2 aromatic carbocycles. The monoisotopic (exact) mass is 416 g/mol. The molecule has 0 unspecified atom stereocenters. The van der Waals surface area contributed by atoms with Crippen molar-refractivity contribution in [3.05, 3.63) is 70.6 Å². The lowest BCUT2D eigenvalue weighted by molar-refractivity contribution is 0.0838. The van der Waals surface area contributed by atoms with Crippen LogP contribution in [-0.2, 0) is 17.9 Å². The Labute approximate surface area is 175 Å². The van der Waals surface area contributed by atoms with Crippen molar-refractivity contribution in [3.8, 4) is 0 Å². The van der Waals surface area contributed by atoms with Crippen LogP contribution in [0.3, 0.4) is 0 Å². The van der Waals surface area contributed by atoms with Gasteiger partial charge in [-0.25, -0.2) is 9.59 Å². The number of hydrogen-bond acceptors (Lipinski definition) is 4. The highest BCUT2D eigenvalue weighted by Crippen LogP contribution is 2.12. The van der Waals surface area contributed by atoms with Crippen molar-refractivity contribution in [2.75, 3.05) is 19.6 Å². The average molecular weight is 417 g/mol. The van der Waals surface area contributed by atoms with Gasteiger partial charge in [-0.15, -0.1) is 12.4 Å². The zero-order chi connectivity index (χ0) is 19.3. The van der Waals surface area contributed by atoms with Crippen LogP contribution in [0.5, 0.6) is 0 Å². The van der Waals surface area contributed by atoms with E-state index in [4.69, 9.17) is 4.74 Å². The molecule has 0 aliphatic carbocycles. The molecule has 29 heavy (non-hydrogen) atoms. The topological polar surface area (TPSA) is 79.4 Å². The molecule has 3 aromatic rings. The van der Waals surface area contributed by atoms with Gasteiger partial charge in [-0.1, -0.05) is 42.5 Å². The second-order valence-electron chi connectivity index (χ2n) is 7.02. The molecule has 4 rings (SSSR count). The van der Waals surface area contributed by atoms with Gasteiger partial charge >= 0.3 is 11.8 Å². The van der Waals surface area contributed by atoms with Crippen LogP contribution in [0.25, 0.3) is 11.0 Å². The summed E-state index contributed by atoms with van der Waals surface area (Å²) in [6.45, 7) is 2.78. The zero-order valence-electron chi connectivity index (χ0n) is 16.0. The lowest BCUT2D eigenvalue weighted by Gasteiger charge is -2.33. The van der Waals surface area contributed by atoms with E-state index in [0.29, 0.717) is 26.2 Å². The first-order valence-electron chi connectivity index (χ1n) is 9.57. The lowest BCUT2D eigenvalue weighted by Crippen LogP contribution is -2.53. The summed E-state index contributed by atoms with van der Waals surface area (Å²) in [4.78, 5) is 29.2. The minimum Gasteiger partial charge on any atom is -0.445 e. The first-order chi connectivity index (χ1) is 13.7. The molecule has 0 saturated carbocycles. The number of amides is 1. The summed E-state index contributed by atoms with van der Waals surface area (Å²) in [5, 5.41) is 3.43. The molecule has 8 heteroatoms. The Hall–Kier alpha value is -2.77. The fourth-order valence-corrected chi connectivity index (χ4v) is 3.61. The Balaban J connectivity index is 0.00000240. The van der Waals surface area contributed by atoms with E-state index in [0.717, 1.165) is 23.0 Å². The smallest absolute Gasteiger partial charge is 0.410 e. The van der Waals surface area contributed by atoms with Crippen molar-refractivity contribution < 1.29 is 9.53 Å². The largest absolute Gasteiger partial charge is 0.445 e. The van der Waals surface area contributed by atoms with Crippen molar-refractivity contribution in [1.29, 1.82) is 0 Å². The zero-order valence-corrected chi connectivity index (χ0v) is 16.9. The number of imidazole rings is 1. The summed E-state index contributed by atoms with van der Waals surface area (Å²) < 4.78 is 7.20. The summed E-state index contributed by atoms with van der Waals surface area (Å²) in [7, 11) is 0. The number of nitrogens with one attached hydrogen (secondary N) is 2. The number of nitrogens with zero attached hydrogens (tertiary/aromatic N) is 2. The van der Waals surface area contributed by atoms with Gasteiger partial charge in [0.2, 0.25) is 0 Å². The fraction of sp³-hybridized carbons (Fsp3) is 0.333. The third-order valence-corrected chi connectivity index (χ3v) is 5.10. The Bertz CT molecular complexity index is 1000. The van der Waals surface area contributed by atoms with Crippen molar-refractivity contribution in [2.24, 2.45) is 0 Å². The van der Waals surface area contributed by atoms with E-state index in [2.05, 4.69) is 10.3 Å². The molecule has 1 atom stereocenters. The number of rotatable bonds is 5. The lowest BCUT2D eigenvalue weighted by atomic mass is 10.1. The van der Waals surface area contributed by atoms with E-state index in [1.165, 1.54) is 0 Å². The van der Waals surface area contributed by atoms with Gasteiger partial charge < -0.3 is 19.9 Å². The minimum atomic E-state index is -0.292. The number of carbonyl (C=O) groups excluding carboxylic acids is 1. The number of H-pyrrole nitrogens is 1. The van der Waals surface area contributed by atoms with Crippen LogP contribution in [-0.4, -0.2) is 46.2 Å². The Morgan fingerprint density at radius 1 is 1.10 bits per heavy atom. The second kappa shape index (κ2) is 9.62. The summed E-state index contributed by atoms with van der Waals surface area (Å²) in [5.74, 6) is 0. The first kappa shape index (κ1) is 21.0. The molecule has 1 aliphatic rings. The summed E-state index contributed by atoms with van der Waals surface area (Å²) in [6.07, 6.45) is 0.462. The number of ether oxygens (including phenoxy) is 1. The van der Waals surface area contributed by atoms with Gasteiger partial charge in [0.05, 0.1) is 11.0 Å². The maximum Gasteiger partial charge on any atom is 0.410 e. The fourth-order valence-electron chi connectivity index (χ4n) is 3.61. The molecule has 2 heterocycles. The Morgan fingerprint density at radius 2 is 1.86 bits per heavy atom. The van der Waals surface area contributed by atoms with E-state index >= 15 is 0 Å². The highest BCUT2D eigenvalue weighted by atomic mass is 35.5. The highest BCUT2D eigenvalue weighted by Gasteiger charge is 2.24. The normalized spacial score (nSPS) is 16.4. The van der Waals surface area contributed by atoms with E-state index in [1.807, 2.05) is 54.6 Å². The molecule has 2 N–H and O–H groups in total. The van der Waals surface area contributed by atoms with Crippen LogP contribution in [0.15, 0.2) is 59.4 Å². The minimum absolute atomic E-state index is 0. The number of aromatic nitrogens is 2. The molecule has 1 aromatic heterocycles. The molecule has 1 amide bonds. The number of benzene rings is 2. The third kappa shape index (κ3) is 4.99. The van der Waals surface area contributed by atoms with Gasteiger partial charge in [0.15, 0.2) is 0 Å². The van der Waals surface area contributed by atoms with Gasteiger partial charge in [0.1, 0.15) is 6.61 Å². The SMILES string of the molecule is Cl.O=C(OCc1ccccc1)N1CCN[C@H](CCn2c(=O)[nH]c3ccccc32)C1. The van der Waals surface area contributed by atoms with Crippen LogP contribution < -0.4 is 11.0 Å². The molecule has 0 bridgehead atoms. The Morgan fingerprint density at radius 3 is 2.69 bits per heavy atom. The molecule has 0 spiro atoms. The quantitative estimate of drug-likeness (QED) is 0.670. The summed E-state index contributed by atoms with van der Waals surface area (Å²) in [6, 6.07) is 17.5. The number of aromatic amines is 1. The second-order valence-corrected chi connectivity index (χ2v) is 7.02. The van der Waals surface area contributed by atoms with Crippen LogP contribution in [0.1, 0.15) is 12.0 Å². The maximum absolute atomic E-state index is 12.4. The molecule has 1 fully saturated rings. The standard InChI is InChI=1S/C21H24N4O3.ClH/c26-20-23-18-8-4-5-9-19(18)25(20)12-10-17-14-24(13-11-22-17)21(27)28-15-16-6-2-1-3-7-16;/h1-9,17,22H,10-15H2,(H,23,26);1H/t17-;/m1./s1. The van der Waals surface area contributed by atoms with E-state index < -0.39 is 0 Å². The van der Waals surface area contributed by atoms with E-state index in [-0.39, 0.29) is 36.8 Å². The average Bonchev–Trinajstić information content (AvgIpc) is 3.06. The van der Waals surface area contributed by atoms with E-state index in [9.17, 15) is 9.59 Å². The van der Waals surface area contributed by atoms with Gasteiger partial charge in [-0.05, 0) is 24.1 Å². The molecule has 154 valence electrons. The molecule has 0 radical (unpaired) electrons. The number of piperazine rings is 1. The van der Waals surface area contributed by atoms with Crippen LogP contribution in [0, 0.1) is 0 Å². The molecular formula is C21H25ClN4O3. The van der Waals surface area contributed by atoms with Crippen LogP contribution in [0.2, 0.25) is 0 Å². The molecule has 7 nitrogen and oxygen atoms in total.